The molecule has 1 radical (unpaired) electrons. The van der Waals surface area contributed by atoms with Crippen molar-refractivity contribution in [2.75, 3.05) is 0 Å². The summed E-state index contributed by atoms with van der Waals surface area (Å²) in [7, 11) is 0. The van der Waals surface area contributed by atoms with Gasteiger partial charge in [0.15, 0.2) is 0 Å². The van der Waals surface area contributed by atoms with Crippen molar-refractivity contribution in [3.8, 4) is 22.5 Å². The van der Waals surface area contributed by atoms with Gasteiger partial charge in [-0.2, -0.15) is 0 Å². The molecule has 0 bridgehead atoms. The van der Waals surface area contributed by atoms with Gasteiger partial charge in [-0.05, 0) is 66.0 Å². The van der Waals surface area contributed by atoms with Crippen LogP contribution in [0.25, 0.3) is 55.4 Å². The molecule has 211 valence electrons. The van der Waals surface area contributed by atoms with Gasteiger partial charge in [0.25, 0.3) is 0 Å². The Morgan fingerprint density at radius 1 is 0.714 bits per heavy atom. The Labute approximate surface area is 260 Å². The van der Waals surface area contributed by atoms with E-state index < -0.39 is 0 Å². The maximum Gasteiger partial charge on any atom is 0.130 e. The molecule has 4 nitrogen and oxygen atoms in total. The van der Waals surface area contributed by atoms with Gasteiger partial charge in [-0.1, -0.05) is 55.5 Å². The number of aryl methyl sites for hydroxylation is 1. The monoisotopic (exact) mass is 726 g/mol. The van der Waals surface area contributed by atoms with Crippen LogP contribution in [0.15, 0.2) is 108 Å². The van der Waals surface area contributed by atoms with Crippen molar-refractivity contribution < 1.29 is 24.5 Å². The Morgan fingerprint density at radius 3 is 2.33 bits per heavy atom. The van der Waals surface area contributed by atoms with Crippen molar-refractivity contribution in [3.63, 3.8) is 0 Å². The summed E-state index contributed by atoms with van der Waals surface area (Å²) in [5.74, 6) is 0. The van der Waals surface area contributed by atoms with Crippen LogP contribution in [0.4, 0.5) is 0 Å². The molecule has 0 saturated carbocycles. The molecular formula is C37H31IrN3O-2. The Hall–Kier alpha value is -4.18. The van der Waals surface area contributed by atoms with Gasteiger partial charge < -0.3 is 14.4 Å². The van der Waals surface area contributed by atoms with Gasteiger partial charge in [-0.3, -0.25) is 4.98 Å². The number of hydrogen-bond acceptors (Lipinski definition) is 4. The summed E-state index contributed by atoms with van der Waals surface area (Å²) in [6, 6.07) is 34.8. The summed E-state index contributed by atoms with van der Waals surface area (Å²) in [6.45, 7) is 8.78. The number of nitrogens with zero attached hydrogens (tertiary/aromatic N) is 3. The van der Waals surface area contributed by atoms with E-state index in [1.807, 2.05) is 67.8 Å². The van der Waals surface area contributed by atoms with Crippen LogP contribution in [0.5, 0.6) is 0 Å². The van der Waals surface area contributed by atoms with Gasteiger partial charge in [-0.15, -0.1) is 54.1 Å². The number of pyridine rings is 3. The Bertz CT molecular complexity index is 1960. The fourth-order valence-electron chi connectivity index (χ4n) is 5.06. The molecule has 0 aliphatic rings. The van der Waals surface area contributed by atoms with Crippen LogP contribution in [-0.4, -0.2) is 15.0 Å². The number of fused-ring (bicyclic) bond motifs is 5. The average Bonchev–Trinajstić information content (AvgIpc) is 3.37. The Balaban J connectivity index is 0.000000212. The molecule has 7 rings (SSSR count). The molecule has 0 fully saturated rings. The van der Waals surface area contributed by atoms with Crippen molar-refractivity contribution >= 4 is 32.8 Å². The first kappa shape index (κ1) is 29.3. The van der Waals surface area contributed by atoms with Crippen molar-refractivity contribution in [1.82, 2.24) is 15.0 Å². The largest absolute Gasteiger partial charge is 0.500 e. The zero-order chi connectivity index (χ0) is 28.4. The molecule has 0 saturated heterocycles. The second kappa shape index (κ2) is 12.4. The Kier molecular flexibility index (Phi) is 8.63. The molecule has 0 aliphatic carbocycles. The first-order chi connectivity index (χ1) is 19.9. The zero-order valence-electron chi connectivity index (χ0n) is 24.1. The van der Waals surface area contributed by atoms with E-state index in [4.69, 9.17) is 4.42 Å². The minimum Gasteiger partial charge on any atom is -0.500 e. The minimum atomic E-state index is 0. The van der Waals surface area contributed by atoms with Crippen LogP contribution in [0.3, 0.4) is 0 Å². The third kappa shape index (κ3) is 6.33. The molecule has 4 heterocycles. The normalized spacial score (nSPS) is 11.2. The smallest absolute Gasteiger partial charge is 0.130 e. The maximum absolute atomic E-state index is 6.38. The molecule has 0 spiro atoms. The molecule has 4 aromatic heterocycles. The van der Waals surface area contributed by atoms with Gasteiger partial charge >= 0.3 is 0 Å². The molecule has 3 aromatic carbocycles. The van der Waals surface area contributed by atoms with E-state index in [1.165, 1.54) is 11.1 Å². The molecule has 0 atom stereocenters. The SMILES string of the molecule is CC(C)(C)Cc1ccnc(-c2[c-]ccc3c2oc2c4cccnc4ccc32)c1.Cc1ccc(-c2[c-]cccc2)nc1.[Ir]. The summed E-state index contributed by atoms with van der Waals surface area (Å²) in [6.07, 6.45) is 6.55. The number of furan rings is 1. The fraction of sp³-hybridized carbons (Fsp3) is 0.162. The fourth-order valence-corrected chi connectivity index (χ4v) is 5.06. The van der Waals surface area contributed by atoms with E-state index in [9.17, 15) is 0 Å². The van der Waals surface area contributed by atoms with E-state index >= 15 is 0 Å². The van der Waals surface area contributed by atoms with E-state index in [0.29, 0.717) is 0 Å². The third-order valence-electron chi connectivity index (χ3n) is 6.89. The number of rotatable bonds is 3. The van der Waals surface area contributed by atoms with Gasteiger partial charge in [-0.25, -0.2) is 0 Å². The molecule has 5 heteroatoms. The standard InChI is InChI=1S/C25H21N2O.C12H10N.Ir/c1-25(2,3)15-16-11-13-27-22(14-16)20-7-4-6-17-18-9-10-21-19(8-5-12-26-21)24(18)28-23(17)20;1-10-7-8-12(13-9-10)11-5-3-2-4-6-11;/h4-6,8-14H,15H2,1-3H3;2-5,7-9H,1H3;/q2*-1;. The predicted molar refractivity (Wildman–Crippen MR) is 167 cm³/mol. The second-order valence-corrected chi connectivity index (χ2v) is 11.5. The number of aromatic nitrogens is 3. The van der Waals surface area contributed by atoms with Crippen molar-refractivity contribution in [3.05, 3.63) is 127 Å². The van der Waals surface area contributed by atoms with Crippen LogP contribution in [0.2, 0.25) is 0 Å². The van der Waals surface area contributed by atoms with Crippen molar-refractivity contribution in [2.24, 2.45) is 5.41 Å². The second-order valence-electron chi connectivity index (χ2n) is 11.5. The third-order valence-corrected chi connectivity index (χ3v) is 6.89. The van der Waals surface area contributed by atoms with Crippen LogP contribution in [0.1, 0.15) is 31.9 Å². The van der Waals surface area contributed by atoms with Gasteiger partial charge in [0.1, 0.15) is 5.58 Å². The van der Waals surface area contributed by atoms with E-state index in [2.05, 4.69) is 84.3 Å². The molecule has 0 amide bonds. The predicted octanol–water partition coefficient (Wildman–Crippen LogP) is 9.44. The molecule has 42 heavy (non-hydrogen) atoms. The summed E-state index contributed by atoms with van der Waals surface area (Å²) >= 11 is 0. The molecule has 7 aromatic rings. The number of hydrogen-bond donors (Lipinski definition) is 0. The van der Waals surface area contributed by atoms with Crippen LogP contribution in [0, 0.1) is 24.5 Å². The van der Waals surface area contributed by atoms with Crippen LogP contribution < -0.4 is 0 Å². The summed E-state index contributed by atoms with van der Waals surface area (Å²) in [5, 5.41) is 3.20. The van der Waals surface area contributed by atoms with E-state index in [-0.39, 0.29) is 25.5 Å². The average molecular weight is 726 g/mol. The van der Waals surface area contributed by atoms with E-state index in [1.54, 1.807) is 6.20 Å². The van der Waals surface area contributed by atoms with Crippen LogP contribution in [-0.2, 0) is 26.5 Å². The first-order valence-electron chi connectivity index (χ1n) is 13.8. The van der Waals surface area contributed by atoms with Crippen LogP contribution >= 0.6 is 0 Å². The first-order valence-corrected chi connectivity index (χ1v) is 13.8. The summed E-state index contributed by atoms with van der Waals surface area (Å²) in [4.78, 5) is 13.4. The summed E-state index contributed by atoms with van der Waals surface area (Å²) in [5.41, 5.74) is 9.13. The van der Waals surface area contributed by atoms with Gasteiger partial charge in [0.05, 0.1) is 11.1 Å². The summed E-state index contributed by atoms with van der Waals surface area (Å²) < 4.78 is 6.38. The minimum absolute atomic E-state index is 0. The van der Waals surface area contributed by atoms with Crippen molar-refractivity contribution in [1.29, 1.82) is 0 Å². The maximum atomic E-state index is 6.38. The van der Waals surface area contributed by atoms with Gasteiger partial charge in [0.2, 0.25) is 0 Å². The van der Waals surface area contributed by atoms with Crippen molar-refractivity contribution in [2.45, 2.75) is 34.1 Å². The molecule has 0 aliphatic heterocycles. The zero-order valence-corrected chi connectivity index (χ0v) is 26.5. The van der Waals surface area contributed by atoms with Gasteiger partial charge in [0, 0.05) is 49.5 Å². The van der Waals surface area contributed by atoms with E-state index in [0.717, 1.165) is 61.8 Å². The molecular weight excluding hydrogens is 695 g/mol. The number of benzene rings is 3. The topological polar surface area (TPSA) is 51.8 Å². The quantitative estimate of drug-likeness (QED) is 0.171. The molecule has 0 unspecified atom stereocenters. The molecule has 0 N–H and O–H groups in total. The Morgan fingerprint density at radius 2 is 1.57 bits per heavy atom.